The topological polar surface area (TPSA) is 38.0 Å². The van der Waals surface area contributed by atoms with Crippen molar-refractivity contribution in [2.75, 3.05) is 0 Å². The van der Waals surface area contributed by atoms with Crippen LogP contribution >= 0.6 is 0 Å². The van der Waals surface area contributed by atoms with Gasteiger partial charge in [-0.15, -0.1) is 0 Å². The zero-order valence-corrected chi connectivity index (χ0v) is 13.9. The summed E-state index contributed by atoms with van der Waals surface area (Å²) in [5, 5.41) is 15.5. The van der Waals surface area contributed by atoms with Crippen LogP contribution in [0.15, 0.2) is 48.5 Å². The minimum atomic E-state index is 0.249. The van der Waals surface area contributed by atoms with E-state index in [1.165, 1.54) is 5.56 Å². The molecule has 0 unspecified atom stereocenters. The largest absolute Gasteiger partial charge is 0.493 e. The van der Waals surface area contributed by atoms with Crippen molar-refractivity contribution >= 4 is 0 Å². The third kappa shape index (κ3) is 2.74. The highest BCUT2D eigenvalue weighted by atomic mass is 16.3. The zero-order valence-electron chi connectivity index (χ0n) is 13.9. The Balaban J connectivity index is 2.24. The number of hydrogen-bond acceptors (Lipinski definition) is 2. The lowest BCUT2D eigenvalue weighted by Crippen LogP contribution is -1.98. The van der Waals surface area contributed by atoms with Crippen LogP contribution < -0.4 is 0 Å². The summed E-state index contributed by atoms with van der Waals surface area (Å²) in [7, 11) is 0. The second kappa shape index (κ2) is 6.29. The number of rotatable bonds is 4. The van der Waals surface area contributed by atoms with Gasteiger partial charge in [-0.3, -0.25) is 0 Å². The third-order valence-electron chi connectivity index (χ3n) is 4.20. The summed E-state index contributed by atoms with van der Waals surface area (Å²) < 4.78 is 1.67. The summed E-state index contributed by atoms with van der Waals surface area (Å²) in [5.74, 6) is 0.249. The van der Waals surface area contributed by atoms with E-state index >= 15 is 0 Å². The van der Waals surface area contributed by atoms with Gasteiger partial charge in [0.15, 0.2) is 0 Å². The fraction of sp³-hybridized carbons (Fsp3) is 0.250. The lowest BCUT2D eigenvalue weighted by molar-refractivity contribution is 0.427. The first-order chi connectivity index (χ1) is 11.1. The Hall–Kier alpha value is -2.55. The third-order valence-corrected chi connectivity index (χ3v) is 4.20. The van der Waals surface area contributed by atoms with Crippen LogP contribution in [0.4, 0.5) is 0 Å². The Morgan fingerprint density at radius 2 is 1.61 bits per heavy atom. The molecule has 0 bridgehead atoms. The van der Waals surface area contributed by atoms with E-state index in [1.54, 1.807) is 4.68 Å². The molecule has 0 fully saturated rings. The van der Waals surface area contributed by atoms with Crippen LogP contribution in [0.5, 0.6) is 5.88 Å². The lowest BCUT2D eigenvalue weighted by atomic mass is 10.0. The molecule has 118 valence electrons. The van der Waals surface area contributed by atoms with Crippen molar-refractivity contribution in [1.82, 2.24) is 9.78 Å². The second-order valence-corrected chi connectivity index (χ2v) is 5.91. The predicted molar refractivity (Wildman–Crippen MR) is 94.1 cm³/mol. The molecule has 0 aliphatic heterocycles. The molecule has 3 rings (SSSR count). The first-order valence-electron chi connectivity index (χ1n) is 8.06. The number of aromatic nitrogens is 2. The molecule has 3 aromatic rings. The average Bonchev–Trinajstić information content (AvgIpc) is 2.86. The number of aryl methyl sites for hydroxylation is 2. The molecule has 3 heteroatoms. The molecular weight excluding hydrogens is 284 g/mol. The van der Waals surface area contributed by atoms with E-state index in [1.807, 2.05) is 43.3 Å². The highest BCUT2D eigenvalue weighted by Crippen LogP contribution is 2.34. The minimum Gasteiger partial charge on any atom is -0.493 e. The normalized spacial score (nSPS) is 10.9. The second-order valence-electron chi connectivity index (χ2n) is 5.91. The number of hydrogen-bond donors (Lipinski definition) is 1. The lowest BCUT2D eigenvalue weighted by Gasteiger charge is -2.06. The van der Waals surface area contributed by atoms with Gasteiger partial charge in [-0.05, 0) is 37.5 Å². The van der Waals surface area contributed by atoms with Crippen molar-refractivity contribution in [2.45, 2.75) is 33.6 Å². The summed E-state index contributed by atoms with van der Waals surface area (Å²) in [6.45, 7) is 6.23. The van der Waals surface area contributed by atoms with Crippen molar-refractivity contribution in [3.05, 3.63) is 65.2 Å². The number of nitrogens with zero attached hydrogens (tertiary/aromatic N) is 2. The molecule has 0 spiro atoms. The van der Waals surface area contributed by atoms with E-state index in [9.17, 15) is 5.11 Å². The van der Waals surface area contributed by atoms with Gasteiger partial charge in [-0.25, -0.2) is 4.68 Å². The monoisotopic (exact) mass is 306 g/mol. The van der Waals surface area contributed by atoms with Gasteiger partial charge in [0.2, 0.25) is 5.88 Å². The maximum atomic E-state index is 10.8. The van der Waals surface area contributed by atoms with Crippen LogP contribution in [-0.2, 0) is 6.42 Å². The van der Waals surface area contributed by atoms with E-state index in [0.717, 1.165) is 40.9 Å². The minimum absolute atomic E-state index is 0.249. The maximum Gasteiger partial charge on any atom is 0.218 e. The van der Waals surface area contributed by atoms with Gasteiger partial charge in [-0.1, -0.05) is 55.8 Å². The Labute approximate surface area is 137 Å². The smallest absolute Gasteiger partial charge is 0.218 e. The van der Waals surface area contributed by atoms with Crippen LogP contribution in [0, 0.1) is 13.8 Å². The number of para-hydroxylation sites is 1. The van der Waals surface area contributed by atoms with Gasteiger partial charge in [0.25, 0.3) is 0 Å². The van der Waals surface area contributed by atoms with Crippen molar-refractivity contribution in [2.24, 2.45) is 0 Å². The zero-order chi connectivity index (χ0) is 16.4. The molecule has 0 amide bonds. The quantitative estimate of drug-likeness (QED) is 0.751. The summed E-state index contributed by atoms with van der Waals surface area (Å²) in [6.07, 6.45) is 1.77. The maximum absolute atomic E-state index is 10.8. The molecule has 0 saturated carbocycles. The van der Waals surface area contributed by atoms with Gasteiger partial charge in [-0.2, -0.15) is 5.10 Å². The molecule has 0 saturated heterocycles. The molecule has 1 heterocycles. The highest BCUT2D eigenvalue weighted by Gasteiger charge is 2.20. The van der Waals surface area contributed by atoms with Gasteiger partial charge < -0.3 is 5.11 Å². The Morgan fingerprint density at radius 1 is 0.957 bits per heavy atom. The van der Waals surface area contributed by atoms with E-state index in [-0.39, 0.29) is 5.88 Å². The molecule has 1 aromatic heterocycles. The predicted octanol–water partition coefficient (Wildman–Crippen LogP) is 4.81. The Bertz CT molecular complexity index is 833. The van der Waals surface area contributed by atoms with E-state index in [2.05, 4.69) is 26.0 Å². The fourth-order valence-corrected chi connectivity index (χ4v) is 2.95. The van der Waals surface area contributed by atoms with Crippen LogP contribution in [0.1, 0.15) is 30.0 Å². The van der Waals surface area contributed by atoms with Crippen molar-refractivity contribution in [3.8, 4) is 22.8 Å². The molecule has 1 N–H and O–H groups in total. The molecular formula is C20H22N2O. The van der Waals surface area contributed by atoms with Gasteiger partial charge >= 0.3 is 0 Å². The molecule has 2 aromatic carbocycles. The van der Waals surface area contributed by atoms with Crippen LogP contribution in [0.2, 0.25) is 0 Å². The molecule has 3 nitrogen and oxygen atoms in total. The summed E-state index contributed by atoms with van der Waals surface area (Å²) in [4.78, 5) is 0. The number of aromatic hydroxyl groups is 1. The standard InChI is InChI=1S/C20H22N2O/c1-4-9-17-19(16-12-7-5-10-14(16)2)21-22(20(17)23)18-13-8-6-11-15(18)3/h5-8,10-13,23H,4,9H2,1-3H3. The van der Waals surface area contributed by atoms with Crippen LogP contribution in [0.3, 0.4) is 0 Å². The van der Waals surface area contributed by atoms with Gasteiger partial charge in [0.05, 0.1) is 5.69 Å². The van der Waals surface area contributed by atoms with Gasteiger partial charge in [0, 0.05) is 11.1 Å². The van der Waals surface area contributed by atoms with Crippen molar-refractivity contribution in [3.63, 3.8) is 0 Å². The Kier molecular flexibility index (Phi) is 4.20. The van der Waals surface area contributed by atoms with Crippen LogP contribution in [0.25, 0.3) is 16.9 Å². The first-order valence-corrected chi connectivity index (χ1v) is 8.06. The fourth-order valence-electron chi connectivity index (χ4n) is 2.95. The Morgan fingerprint density at radius 3 is 2.26 bits per heavy atom. The summed E-state index contributed by atoms with van der Waals surface area (Å²) in [5.41, 5.74) is 6.06. The molecule has 0 aliphatic carbocycles. The highest BCUT2D eigenvalue weighted by molar-refractivity contribution is 5.69. The first kappa shape index (κ1) is 15.3. The van der Waals surface area contributed by atoms with Gasteiger partial charge in [0.1, 0.15) is 5.69 Å². The van der Waals surface area contributed by atoms with E-state index in [4.69, 9.17) is 5.10 Å². The molecule has 0 aliphatic rings. The molecule has 23 heavy (non-hydrogen) atoms. The SMILES string of the molecule is CCCc1c(-c2ccccc2C)nn(-c2ccccc2C)c1O. The average molecular weight is 306 g/mol. The summed E-state index contributed by atoms with van der Waals surface area (Å²) in [6, 6.07) is 16.2. The summed E-state index contributed by atoms with van der Waals surface area (Å²) >= 11 is 0. The van der Waals surface area contributed by atoms with Crippen molar-refractivity contribution < 1.29 is 5.11 Å². The van der Waals surface area contributed by atoms with E-state index < -0.39 is 0 Å². The van der Waals surface area contributed by atoms with Crippen LogP contribution in [-0.4, -0.2) is 14.9 Å². The van der Waals surface area contributed by atoms with Crippen molar-refractivity contribution in [1.29, 1.82) is 0 Å². The molecule has 0 atom stereocenters. The number of benzene rings is 2. The molecule has 0 radical (unpaired) electrons. The van der Waals surface area contributed by atoms with E-state index in [0.29, 0.717) is 0 Å².